The number of esters is 3. The van der Waals surface area contributed by atoms with Crippen LogP contribution in [0.15, 0.2) is 72.1 Å². The molecular formula is C26H27NO7. The zero-order valence-electron chi connectivity index (χ0n) is 19.7. The molecule has 0 amide bonds. The number of carbonyl (C=O) groups excluding carboxylic acids is 3. The molecule has 0 aliphatic carbocycles. The highest BCUT2D eigenvalue weighted by molar-refractivity contribution is 6.00. The molecule has 8 nitrogen and oxygen atoms in total. The van der Waals surface area contributed by atoms with Gasteiger partial charge in [0, 0.05) is 23.7 Å². The van der Waals surface area contributed by atoms with E-state index in [-0.39, 0.29) is 17.3 Å². The van der Waals surface area contributed by atoms with Gasteiger partial charge in [0.05, 0.1) is 50.1 Å². The van der Waals surface area contributed by atoms with E-state index >= 15 is 0 Å². The highest BCUT2D eigenvalue weighted by atomic mass is 16.5. The van der Waals surface area contributed by atoms with Crippen molar-refractivity contribution in [1.29, 1.82) is 0 Å². The van der Waals surface area contributed by atoms with Gasteiger partial charge >= 0.3 is 17.9 Å². The maximum atomic E-state index is 12.9. The van der Waals surface area contributed by atoms with Crippen molar-refractivity contribution in [3.8, 4) is 5.75 Å². The second-order valence-corrected chi connectivity index (χ2v) is 7.74. The van der Waals surface area contributed by atoms with E-state index in [0.29, 0.717) is 22.6 Å². The van der Waals surface area contributed by atoms with Crippen LogP contribution in [-0.2, 0) is 23.8 Å². The van der Waals surface area contributed by atoms with E-state index in [2.05, 4.69) is 0 Å². The number of methoxy groups -OCH3 is 3. The third-order valence-corrected chi connectivity index (χ3v) is 5.20. The Bertz CT molecular complexity index is 1100. The van der Waals surface area contributed by atoms with Crippen LogP contribution in [0, 0.1) is 0 Å². The van der Waals surface area contributed by atoms with Crippen LogP contribution >= 0.6 is 0 Å². The van der Waals surface area contributed by atoms with Crippen molar-refractivity contribution in [3.63, 3.8) is 0 Å². The summed E-state index contributed by atoms with van der Waals surface area (Å²) in [5.41, 5.74) is 2.06. The molecule has 0 saturated carbocycles. The van der Waals surface area contributed by atoms with Gasteiger partial charge in [-0.15, -0.1) is 0 Å². The minimum atomic E-state index is -0.777. The Morgan fingerprint density at radius 2 is 1.29 bits per heavy atom. The van der Waals surface area contributed by atoms with Gasteiger partial charge in [-0.05, 0) is 44.2 Å². The van der Waals surface area contributed by atoms with Gasteiger partial charge in [0.25, 0.3) is 0 Å². The molecule has 0 aromatic heterocycles. The average Bonchev–Trinajstić information content (AvgIpc) is 2.86. The first-order valence-corrected chi connectivity index (χ1v) is 10.6. The molecule has 1 heterocycles. The van der Waals surface area contributed by atoms with Crippen molar-refractivity contribution < 1.29 is 33.3 Å². The predicted molar refractivity (Wildman–Crippen MR) is 125 cm³/mol. The van der Waals surface area contributed by atoms with Gasteiger partial charge in [0.15, 0.2) is 0 Å². The molecule has 34 heavy (non-hydrogen) atoms. The van der Waals surface area contributed by atoms with E-state index in [1.165, 1.54) is 21.3 Å². The van der Waals surface area contributed by atoms with Gasteiger partial charge in [-0.3, -0.25) is 0 Å². The fourth-order valence-electron chi connectivity index (χ4n) is 3.68. The highest BCUT2D eigenvalue weighted by Crippen LogP contribution is 2.42. The van der Waals surface area contributed by atoms with E-state index < -0.39 is 23.8 Å². The topological polar surface area (TPSA) is 91.4 Å². The third-order valence-electron chi connectivity index (χ3n) is 5.20. The Labute approximate surface area is 198 Å². The zero-order valence-corrected chi connectivity index (χ0v) is 19.7. The summed E-state index contributed by atoms with van der Waals surface area (Å²) < 4.78 is 20.8. The third kappa shape index (κ3) is 5.11. The zero-order chi connectivity index (χ0) is 24.8. The van der Waals surface area contributed by atoms with Gasteiger partial charge in [-0.2, -0.15) is 0 Å². The van der Waals surface area contributed by atoms with Crippen molar-refractivity contribution in [2.75, 3.05) is 26.2 Å². The molecule has 0 unspecified atom stereocenters. The Balaban J connectivity index is 2.16. The molecule has 8 heteroatoms. The average molecular weight is 466 g/mol. The summed E-state index contributed by atoms with van der Waals surface area (Å²) >= 11 is 0. The van der Waals surface area contributed by atoms with Gasteiger partial charge in [-0.1, -0.05) is 18.2 Å². The van der Waals surface area contributed by atoms with E-state index in [9.17, 15) is 14.4 Å². The number of ether oxygens (including phenoxy) is 4. The van der Waals surface area contributed by atoms with Crippen LogP contribution < -0.4 is 9.64 Å². The SMILES string of the molecule is COC(=O)C1=CN(c2ccc(C(=O)OC)cc2)C=C(C(=O)OC)C1c1ccccc1OC(C)C. The number of benzene rings is 2. The summed E-state index contributed by atoms with van der Waals surface area (Å²) in [4.78, 5) is 39.2. The molecule has 178 valence electrons. The molecule has 0 bridgehead atoms. The molecule has 0 N–H and O–H groups in total. The quantitative estimate of drug-likeness (QED) is 0.448. The summed E-state index contributed by atoms with van der Waals surface area (Å²) in [7, 11) is 3.86. The molecule has 2 aromatic rings. The minimum absolute atomic E-state index is 0.120. The standard InChI is InChI=1S/C26H27NO7/c1-16(2)34-22-9-7-6-8-19(22)23-20(25(29)32-4)14-27(15-21(23)26(30)33-5)18-12-10-17(11-13-18)24(28)31-3/h6-16,23H,1-5H3. The lowest BCUT2D eigenvalue weighted by molar-refractivity contribution is -0.137. The van der Waals surface area contributed by atoms with Crippen molar-refractivity contribution >= 4 is 23.6 Å². The first kappa shape index (κ1) is 24.6. The van der Waals surface area contributed by atoms with E-state index in [0.717, 1.165) is 0 Å². The van der Waals surface area contributed by atoms with Gasteiger partial charge in [0.2, 0.25) is 0 Å². The van der Waals surface area contributed by atoms with Crippen molar-refractivity contribution in [2.24, 2.45) is 0 Å². The predicted octanol–water partition coefficient (Wildman–Crippen LogP) is 3.98. The number of carbonyl (C=O) groups is 3. The lowest BCUT2D eigenvalue weighted by Crippen LogP contribution is -2.29. The van der Waals surface area contributed by atoms with E-state index in [1.807, 2.05) is 26.0 Å². The van der Waals surface area contributed by atoms with Crippen LogP contribution in [0.3, 0.4) is 0 Å². The number of nitrogens with zero attached hydrogens (tertiary/aromatic N) is 1. The number of rotatable bonds is 7. The normalized spacial score (nSPS) is 13.6. The van der Waals surface area contributed by atoms with Crippen molar-refractivity contribution in [3.05, 3.63) is 83.2 Å². The molecule has 3 rings (SSSR count). The fraction of sp³-hybridized carbons (Fsp3) is 0.269. The van der Waals surface area contributed by atoms with Gasteiger partial charge < -0.3 is 23.8 Å². The molecule has 2 aromatic carbocycles. The first-order chi connectivity index (χ1) is 16.3. The number of hydrogen-bond acceptors (Lipinski definition) is 8. The fourth-order valence-corrected chi connectivity index (χ4v) is 3.68. The molecule has 0 atom stereocenters. The summed E-state index contributed by atoms with van der Waals surface area (Å²) in [6.07, 6.45) is 3.08. The van der Waals surface area contributed by atoms with Gasteiger partial charge in [-0.25, -0.2) is 14.4 Å². The summed E-state index contributed by atoms with van der Waals surface area (Å²) in [6.45, 7) is 3.79. The number of anilines is 1. The smallest absolute Gasteiger partial charge is 0.337 e. The van der Waals surface area contributed by atoms with Crippen LogP contribution in [0.5, 0.6) is 5.75 Å². The largest absolute Gasteiger partial charge is 0.491 e. The van der Waals surface area contributed by atoms with Crippen LogP contribution in [0.2, 0.25) is 0 Å². The summed E-state index contributed by atoms with van der Waals surface area (Å²) in [6, 6.07) is 13.8. The lowest BCUT2D eigenvalue weighted by atomic mass is 9.82. The Morgan fingerprint density at radius 3 is 1.79 bits per heavy atom. The summed E-state index contributed by atoms with van der Waals surface area (Å²) in [5.74, 6) is -1.91. The Morgan fingerprint density at radius 1 is 0.765 bits per heavy atom. The minimum Gasteiger partial charge on any atom is -0.491 e. The van der Waals surface area contributed by atoms with E-state index in [1.54, 1.807) is 53.7 Å². The molecule has 0 saturated heterocycles. The highest BCUT2D eigenvalue weighted by Gasteiger charge is 2.37. The van der Waals surface area contributed by atoms with Crippen LogP contribution in [0.4, 0.5) is 5.69 Å². The molecule has 1 aliphatic heterocycles. The monoisotopic (exact) mass is 465 g/mol. The molecule has 0 fully saturated rings. The van der Waals surface area contributed by atoms with Crippen molar-refractivity contribution in [1.82, 2.24) is 0 Å². The molecule has 1 aliphatic rings. The Kier molecular flexibility index (Phi) is 7.73. The van der Waals surface area contributed by atoms with E-state index in [4.69, 9.17) is 18.9 Å². The second-order valence-electron chi connectivity index (χ2n) is 7.74. The van der Waals surface area contributed by atoms with Crippen molar-refractivity contribution in [2.45, 2.75) is 25.9 Å². The van der Waals surface area contributed by atoms with Crippen LogP contribution in [0.1, 0.15) is 35.7 Å². The van der Waals surface area contributed by atoms with Crippen LogP contribution in [-0.4, -0.2) is 45.3 Å². The maximum Gasteiger partial charge on any atom is 0.337 e. The molecule has 0 radical (unpaired) electrons. The Hall–Kier alpha value is -4.07. The van der Waals surface area contributed by atoms with Gasteiger partial charge in [0.1, 0.15) is 5.75 Å². The second kappa shape index (κ2) is 10.7. The molecular weight excluding hydrogens is 438 g/mol. The lowest BCUT2D eigenvalue weighted by Gasteiger charge is -2.31. The molecule has 0 spiro atoms. The number of para-hydroxylation sites is 1. The maximum absolute atomic E-state index is 12.9. The van der Waals surface area contributed by atoms with Crippen LogP contribution in [0.25, 0.3) is 0 Å². The summed E-state index contributed by atoms with van der Waals surface area (Å²) in [5, 5.41) is 0. The first-order valence-electron chi connectivity index (χ1n) is 10.6. The number of hydrogen-bond donors (Lipinski definition) is 0.